The third-order valence-electron chi connectivity index (χ3n) is 3.72. The fraction of sp³-hybridized carbons (Fsp3) is 0.294. The number of nitrogens with one attached hydrogen (secondary N) is 1. The molecule has 1 unspecified atom stereocenters. The highest BCUT2D eigenvalue weighted by Gasteiger charge is 2.21. The fourth-order valence-corrected chi connectivity index (χ4v) is 2.58. The summed E-state index contributed by atoms with van der Waals surface area (Å²) >= 11 is 0. The topological polar surface area (TPSA) is 60.0 Å². The molecule has 22 heavy (non-hydrogen) atoms. The van der Waals surface area contributed by atoms with E-state index in [1.54, 1.807) is 32.4 Å². The average Bonchev–Trinajstić information content (AvgIpc) is 2.55. The van der Waals surface area contributed by atoms with Crippen molar-refractivity contribution >= 4 is 5.69 Å². The van der Waals surface area contributed by atoms with Crippen LogP contribution in [-0.4, -0.2) is 32.0 Å². The Labute approximate surface area is 129 Å². The van der Waals surface area contributed by atoms with Gasteiger partial charge in [-0.15, -0.1) is 0 Å². The van der Waals surface area contributed by atoms with E-state index in [4.69, 9.17) is 14.2 Å². The van der Waals surface area contributed by atoms with E-state index in [1.807, 2.05) is 18.2 Å². The molecule has 116 valence electrons. The lowest BCUT2D eigenvalue weighted by atomic mass is 10.0. The van der Waals surface area contributed by atoms with Gasteiger partial charge in [-0.3, -0.25) is 0 Å². The molecule has 0 saturated carbocycles. The summed E-state index contributed by atoms with van der Waals surface area (Å²) in [5.41, 5.74) is 1.88. The van der Waals surface area contributed by atoms with Crippen LogP contribution in [0.1, 0.15) is 5.56 Å². The SMILES string of the molecule is COc1ccc(CC2CNc3cc(O)ccc3O2)c(OC)c1. The number of rotatable bonds is 4. The normalized spacial score (nSPS) is 16.2. The van der Waals surface area contributed by atoms with Crippen molar-refractivity contribution in [3.63, 3.8) is 0 Å². The van der Waals surface area contributed by atoms with Gasteiger partial charge in [0.05, 0.1) is 26.5 Å². The van der Waals surface area contributed by atoms with Crippen LogP contribution in [0.25, 0.3) is 0 Å². The molecule has 5 nitrogen and oxygen atoms in total. The second-order valence-electron chi connectivity index (χ2n) is 5.18. The number of benzene rings is 2. The van der Waals surface area contributed by atoms with Crippen LogP contribution in [0.3, 0.4) is 0 Å². The van der Waals surface area contributed by atoms with Crippen LogP contribution in [0.2, 0.25) is 0 Å². The van der Waals surface area contributed by atoms with Crippen molar-refractivity contribution in [2.45, 2.75) is 12.5 Å². The lowest BCUT2D eigenvalue weighted by molar-refractivity contribution is 0.204. The molecule has 0 radical (unpaired) electrons. The minimum atomic E-state index is -0.000613. The van der Waals surface area contributed by atoms with Crippen LogP contribution in [0.4, 0.5) is 5.69 Å². The second-order valence-corrected chi connectivity index (χ2v) is 5.18. The summed E-state index contributed by atoms with van der Waals surface area (Å²) in [5.74, 6) is 2.54. The van der Waals surface area contributed by atoms with Gasteiger partial charge in [0, 0.05) is 18.6 Å². The number of fused-ring (bicyclic) bond motifs is 1. The fourth-order valence-electron chi connectivity index (χ4n) is 2.58. The maximum absolute atomic E-state index is 9.48. The molecule has 0 aromatic heterocycles. The maximum Gasteiger partial charge on any atom is 0.143 e. The smallest absolute Gasteiger partial charge is 0.143 e. The van der Waals surface area contributed by atoms with Gasteiger partial charge in [-0.05, 0) is 23.8 Å². The molecular formula is C17H19NO4. The Morgan fingerprint density at radius 3 is 2.82 bits per heavy atom. The first kappa shape index (κ1) is 14.4. The number of phenols is 1. The Kier molecular flexibility index (Phi) is 3.96. The van der Waals surface area contributed by atoms with Gasteiger partial charge in [0.15, 0.2) is 0 Å². The second kappa shape index (κ2) is 6.05. The molecule has 0 aliphatic carbocycles. The van der Waals surface area contributed by atoms with Crippen LogP contribution < -0.4 is 19.5 Å². The van der Waals surface area contributed by atoms with Gasteiger partial charge in [-0.25, -0.2) is 0 Å². The zero-order valence-corrected chi connectivity index (χ0v) is 12.6. The lowest BCUT2D eigenvalue weighted by Crippen LogP contribution is -2.32. The number of phenolic OH excluding ortho intramolecular Hbond substituents is 1. The summed E-state index contributed by atoms with van der Waals surface area (Å²) in [5, 5.41) is 12.8. The highest BCUT2D eigenvalue weighted by atomic mass is 16.5. The number of anilines is 1. The summed E-state index contributed by atoms with van der Waals surface area (Å²) in [6, 6.07) is 10.8. The summed E-state index contributed by atoms with van der Waals surface area (Å²) in [7, 11) is 3.28. The Morgan fingerprint density at radius 2 is 2.05 bits per heavy atom. The predicted molar refractivity (Wildman–Crippen MR) is 84.3 cm³/mol. The molecule has 1 aliphatic heterocycles. The van der Waals surface area contributed by atoms with Gasteiger partial charge in [-0.1, -0.05) is 6.07 Å². The van der Waals surface area contributed by atoms with Crippen LogP contribution in [0.5, 0.6) is 23.0 Å². The van der Waals surface area contributed by atoms with Crippen LogP contribution in [0, 0.1) is 0 Å². The van der Waals surface area contributed by atoms with Crippen molar-refractivity contribution < 1.29 is 19.3 Å². The first-order valence-electron chi connectivity index (χ1n) is 7.14. The number of aromatic hydroxyl groups is 1. The molecule has 0 amide bonds. The molecule has 0 bridgehead atoms. The molecular weight excluding hydrogens is 282 g/mol. The number of hydrogen-bond donors (Lipinski definition) is 2. The van der Waals surface area contributed by atoms with Crippen molar-refractivity contribution in [1.29, 1.82) is 0 Å². The number of methoxy groups -OCH3 is 2. The number of hydrogen-bond acceptors (Lipinski definition) is 5. The first-order valence-corrected chi connectivity index (χ1v) is 7.14. The van der Waals surface area contributed by atoms with Crippen molar-refractivity contribution in [2.75, 3.05) is 26.1 Å². The van der Waals surface area contributed by atoms with Crippen molar-refractivity contribution in [3.05, 3.63) is 42.0 Å². The van der Waals surface area contributed by atoms with Crippen LogP contribution in [-0.2, 0) is 6.42 Å². The summed E-state index contributed by atoms with van der Waals surface area (Å²) in [4.78, 5) is 0. The van der Waals surface area contributed by atoms with Gasteiger partial charge < -0.3 is 24.6 Å². The van der Waals surface area contributed by atoms with Crippen LogP contribution >= 0.6 is 0 Å². The highest BCUT2D eigenvalue weighted by Crippen LogP contribution is 2.34. The summed E-state index contributed by atoms with van der Waals surface area (Å²) in [6.07, 6.45) is 0.722. The minimum absolute atomic E-state index is 0.000613. The quantitative estimate of drug-likeness (QED) is 0.909. The molecule has 2 aromatic rings. The molecule has 0 saturated heterocycles. The van der Waals surface area contributed by atoms with E-state index in [-0.39, 0.29) is 11.9 Å². The molecule has 3 rings (SSSR count). The van der Waals surface area contributed by atoms with Gasteiger partial charge in [0.25, 0.3) is 0 Å². The molecule has 2 N–H and O–H groups in total. The highest BCUT2D eigenvalue weighted by molar-refractivity contribution is 5.61. The van der Waals surface area contributed by atoms with Crippen LogP contribution in [0.15, 0.2) is 36.4 Å². The Hall–Kier alpha value is -2.56. The monoisotopic (exact) mass is 301 g/mol. The largest absolute Gasteiger partial charge is 0.508 e. The van der Waals surface area contributed by atoms with Crippen molar-refractivity contribution in [3.8, 4) is 23.0 Å². The predicted octanol–water partition coefficient (Wildman–Crippen LogP) is 2.83. The molecule has 1 aliphatic rings. The Morgan fingerprint density at radius 1 is 1.18 bits per heavy atom. The van der Waals surface area contributed by atoms with E-state index in [9.17, 15) is 5.11 Å². The van der Waals surface area contributed by atoms with Gasteiger partial charge in [0.2, 0.25) is 0 Å². The van der Waals surface area contributed by atoms with Crippen molar-refractivity contribution in [2.24, 2.45) is 0 Å². The van der Waals surface area contributed by atoms with E-state index < -0.39 is 0 Å². The summed E-state index contributed by atoms with van der Waals surface area (Å²) in [6.45, 7) is 0.672. The zero-order valence-electron chi connectivity index (χ0n) is 12.6. The molecule has 1 atom stereocenters. The maximum atomic E-state index is 9.48. The lowest BCUT2D eigenvalue weighted by Gasteiger charge is -2.28. The van der Waals surface area contributed by atoms with E-state index in [0.717, 1.165) is 34.9 Å². The third kappa shape index (κ3) is 2.88. The summed E-state index contributed by atoms with van der Waals surface area (Å²) < 4.78 is 16.6. The Bertz CT molecular complexity index is 672. The molecule has 0 fully saturated rings. The van der Waals surface area contributed by atoms with E-state index in [2.05, 4.69) is 5.32 Å². The zero-order chi connectivity index (χ0) is 15.5. The van der Waals surface area contributed by atoms with E-state index >= 15 is 0 Å². The van der Waals surface area contributed by atoms with Gasteiger partial charge >= 0.3 is 0 Å². The Balaban J connectivity index is 1.76. The third-order valence-corrected chi connectivity index (χ3v) is 3.72. The van der Waals surface area contributed by atoms with E-state index in [0.29, 0.717) is 6.54 Å². The van der Waals surface area contributed by atoms with Crippen molar-refractivity contribution in [1.82, 2.24) is 0 Å². The van der Waals surface area contributed by atoms with Gasteiger partial charge in [-0.2, -0.15) is 0 Å². The average molecular weight is 301 g/mol. The van der Waals surface area contributed by atoms with E-state index in [1.165, 1.54) is 0 Å². The molecule has 1 heterocycles. The van der Waals surface area contributed by atoms with Gasteiger partial charge in [0.1, 0.15) is 29.1 Å². The number of ether oxygens (including phenoxy) is 3. The molecule has 2 aromatic carbocycles. The molecule has 5 heteroatoms. The minimum Gasteiger partial charge on any atom is -0.508 e. The first-order chi connectivity index (χ1) is 10.7. The molecule has 0 spiro atoms. The standard InChI is InChI=1S/C17H19NO4/c1-20-13-5-3-11(17(9-13)21-2)7-14-10-18-15-8-12(19)4-6-16(15)22-14/h3-6,8-9,14,18-19H,7,10H2,1-2H3.